The Labute approximate surface area is 240 Å². The van der Waals surface area contributed by atoms with E-state index in [9.17, 15) is 48.3 Å². The number of ketones is 3. The first-order valence-electron chi connectivity index (χ1n) is 12.8. The lowest BCUT2D eigenvalue weighted by Gasteiger charge is -2.16. The van der Waals surface area contributed by atoms with Gasteiger partial charge < -0.3 is 41.4 Å². The summed E-state index contributed by atoms with van der Waals surface area (Å²) in [5, 5.41) is 36.2. The van der Waals surface area contributed by atoms with Gasteiger partial charge in [-0.2, -0.15) is 0 Å². The highest BCUT2D eigenvalue weighted by Gasteiger charge is 2.25. The smallest absolute Gasteiger partial charge is 0.326 e. The van der Waals surface area contributed by atoms with Gasteiger partial charge in [-0.15, -0.1) is 0 Å². The molecular weight excluding hydrogens is 566 g/mol. The Hall–Kier alpha value is -4.29. The molecule has 0 aliphatic rings. The Balaban J connectivity index is 4.37. The highest BCUT2D eigenvalue weighted by molar-refractivity contribution is 5.95. The molecule has 0 aromatic rings. The van der Waals surface area contributed by atoms with E-state index in [1.807, 2.05) is 5.32 Å². The lowest BCUT2D eigenvalue weighted by Crippen LogP contribution is -2.42. The number of carboxylic acid groups (broad SMARTS) is 2. The number of carbonyl (C=O) groups is 9. The van der Waals surface area contributed by atoms with Crippen molar-refractivity contribution in [2.45, 2.75) is 57.4 Å². The third-order valence-electron chi connectivity index (χ3n) is 5.47. The molecule has 0 saturated carbocycles. The summed E-state index contributed by atoms with van der Waals surface area (Å²) in [6, 6.07) is -1.54. The number of nitrogens with one attached hydrogen (secondary N) is 4. The zero-order valence-corrected chi connectivity index (χ0v) is 22.8. The summed E-state index contributed by atoms with van der Waals surface area (Å²) in [6.45, 7) is -1.31. The predicted octanol–water partition coefficient (Wildman–Crippen LogP) is -3.68. The topological polar surface area (TPSA) is 298 Å². The second-order valence-corrected chi connectivity index (χ2v) is 8.98. The third kappa shape index (κ3) is 18.9. The number of aliphatic hydroxyl groups excluding tert-OH is 1. The Morgan fingerprint density at radius 1 is 0.714 bits per heavy atom. The van der Waals surface area contributed by atoms with Crippen LogP contribution in [0.1, 0.15) is 51.4 Å². The number of aliphatic hydroxyl groups is 1. The van der Waals surface area contributed by atoms with E-state index in [1.54, 1.807) is 0 Å². The van der Waals surface area contributed by atoms with E-state index in [4.69, 9.17) is 16.1 Å². The van der Waals surface area contributed by atoms with Crippen molar-refractivity contribution >= 4 is 52.9 Å². The summed E-state index contributed by atoms with van der Waals surface area (Å²) in [4.78, 5) is 109. The maximum atomic E-state index is 12.3. The predicted molar refractivity (Wildman–Crippen MR) is 139 cm³/mol. The molecule has 0 aromatic heterocycles. The van der Waals surface area contributed by atoms with Crippen LogP contribution in [0.2, 0.25) is 0 Å². The number of rotatable bonds is 24. The fraction of sp³-hybridized carbons (Fsp3) is 0.625. The van der Waals surface area contributed by atoms with E-state index >= 15 is 0 Å². The molecule has 236 valence electrons. The Morgan fingerprint density at radius 3 is 1.81 bits per heavy atom. The van der Waals surface area contributed by atoms with E-state index in [-0.39, 0.29) is 57.7 Å². The molecule has 0 spiro atoms. The van der Waals surface area contributed by atoms with Crippen LogP contribution in [0, 0.1) is 5.92 Å². The molecule has 0 aliphatic carbocycles. The summed E-state index contributed by atoms with van der Waals surface area (Å²) < 4.78 is 0. The number of aliphatic carboxylic acids is 2. The van der Waals surface area contributed by atoms with Gasteiger partial charge in [-0.3, -0.25) is 38.4 Å². The van der Waals surface area contributed by atoms with Crippen LogP contribution in [0.5, 0.6) is 0 Å². The fourth-order valence-electron chi connectivity index (χ4n) is 3.20. The van der Waals surface area contributed by atoms with Crippen LogP contribution >= 0.6 is 0 Å². The van der Waals surface area contributed by atoms with Gasteiger partial charge in [0.1, 0.15) is 18.2 Å². The standard InChI is InChI=1S/C24H37N5O13/c25-42-8-7-26-19(34)5-2-16(32)11-27-20(35)6-3-17(33)12-28-23(39)14(13-30)9-15(31)1-4-18(24(40)41)29-21(36)10-22(37)38/h14,18,30H,1-13,25H2,(H,26,34)(H,27,35)(H,28,39)(H,29,36)(H,37,38)(H,40,41)/t14-,18-/m0/s1. The van der Waals surface area contributed by atoms with Crippen LogP contribution in [0.15, 0.2) is 0 Å². The second-order valence-electron chi connectivity index (χ2n) is 8.98. The molecule has 0 bridgehead atoms. The van der Waals surface area contributed by atoms with E-state index < -0.39 is 91.4 Å². The van der Waals surface area contributed by atoms with Crippen molar-refractivity contribution in [1.29, 1.82) is 0 Å². The van der Waals surface area contributed by atoms with Gasteiger partial charge in [-0.25, -0.2) is 10.7 Å². The first-order valence-corrected chi connectivity index (χ1v) is 12.8. The molecule has 0 heterocycles. The molecule has 4 amide bonds. The highest BCUT2D eigenvalue weighted by atomic mass is 16.6. The second kappa shape index (κ2) is 21.5. The highest BCUT2D eigenvalue weighted by Crippen LogP contribution is 2.09. The lowest BCUT2D eigenvalue weighted by molar-refractivity contribution is -0.145. The molecule has 2 atom stereocenters. The van der Waals surface area contributed by atoms with Crippen molar-refractivity contribution in [3.8, 4) is 0 Å². The molecule has 0 aromatic carbocycles. The maximum absolute atomic E-state index is 12.3. The summed E-state index contributed by atoms with van der Waals surface area (Å²) in [7, 11) is 0. The van der Waals surface area contributed by atoms with Crippen molar-refractivity contribution in [2.24, 2.45) is 11.8 Å². The summed E-state index contributed by atoms with van der Waals surface area (Å²) >= 11 is 0. The van der Waals surface area contributed by atoms with Gasteiger partial charge in [-0.1, -0.05) is 0 Å². The summed E-state index contributed by atoms with van der Waals surface area (Å²) in [5.74, 6) is -3.86. The van der Waals surface area contributed by atoms with Crippen LogP contribution in [-0.4, -0.2) is 107 Å². The monoisotopic (exact) mass is 603 g/mol. The van der Waals surface area contributed by atoms with E-state index in [2.05, 4.69) is 20.8 Å². The van der Waals surface area contributed by atoms with E-state index in [0.717, 1.165) is 0 Å². The molecule has 0 aliphatic heterocycles. The zero-order chi connectivity index (χ0) is 32.1. The normalized spacial score (nSPS) is 11.9. The lowest BCUT2D eigenvalue weighted by atomic mass is 9.98. The molecule has 0 saturated heterocycles. The van der Waals surface area contributed by atoms with Gasteiger partial charge in [0.15, 0.2) is 11.6 Å². The van der Waals surface area contributed by atoms with Gasteiger partial charge in [0.25, 0.3) is 0 Å². The van der Waals surface area contributed by atoms with Crippen molar-refractivity contribution in [3.63, 3.8) is 0 Å². The first kappa shape index (κ1) is 37.7. The van der Waals surface area contributed by atoms with Gasteiger partial charge in [0.05, 0.1) is 32.2 Å². The maximum Gasteiger partial charge on any atom is 0.326 e. The Bertz CT molecular complexity index is 1000. The van der Waals surface area contributed by atoms with Crippen molar-refractivity contribution in [3.05, 3.63) is 0 Å². The van der Waals surface area contributed by atoms with Gasteiger partial charge in [0.2, 0.25) is 23.6 Å². The number of carbonyl (C=O) groups excluding carboxylic acids is 7. The van der Waals surface area contributed by atoms with Gasteiger partial charge in [-0.05, 0) is 6.42 Å². The molecule has 0 fully saturated rings. The van der Waals surface area contributed by atoms with E-state index in [0.29, 0.717) is 0 Å². The number of amides is 4. The Morgan fingerprint density at radius 2 is 1.29 bits per heavy atom. The van der Waals surface area contributed by atoms with Crippen molar-refractivity contribution in [2.75, 3.05) is 32.8 Å². The minimum Gasteiger partial charge on any atom is -0.481 e. The number of hydrogen-bond donors (Lipinski definition) is 8. The SMILES string of the molecule is NOCCNC(=O)CCC(=O)CNC(=O)CCC(=O)CNC(=O)[C@H](CO)CC(=O)CC[C@H](NC(=O)CC(=O)O)C(=O)O. The van der Waals surface area contributed by atoms with E-state index in [1.165, 1.54) is 0 Å². The number of Topliss-reactive ketones (excluding diaryl/α,β-unsaturated/α-hetero) is 3. The quantitative estimate of drug-likeness (QED) is 0.0299. The molecule has 42 heavy (non-hydrogen) atoms. The molecule has 9 N–H and O–H groups in total. The number of carboxylic acids is 2. The first-order chi connectivity index (χ1) is 19.8. The molecule has 18 heteroatoms. The molecule has 0 rings (SSSR count). The molecular formula is C24H37N5O13. The molecule has 0 radical (unpaired) electrons. The largest absolute Gasteiger partial charge is 0.481 e. The minimum atomic E-state index is -1.54. The number of hydrogen-bond acceptors (Lipinski definition) is 12. The summed E-state index contributed by atoms with van der Waals surface area (Å²) in [5.41, 5.74) is 0. The fourth-order valence-corrected chi connectivity index (χ4v) is 3.20. The third-order valence-corrected chi connectivity index (χ3v) is 5.47. The van der Waals surface area contributed by atoms with Crippen LogP contribution in [0.4, 0.5) is 0 Å². The van der Waals surface area contributed by atoms with Crippen LogP contribution in [-0.2, 0) is 48.0 Å². The van der Waals surface area contributed by atoms with Crippen molar-refractivity contribution in [1.82, 2.24) is 21.3 Å². The van der Waals surface area contributed by atoms with Crippen molar-refractivity contribution < 1.29 is 63.3 Å². The Kier molecular flexibility index (Phi) is 19.3. The average Bonchev–Trinajstić information content (AvgIpc) is 2.92. The summed E-state index contributed by atoms with van der Waals surface area (Å²) in [6.07, 6.45) is -3.00. The average molecular weight is 604 g/mol. The number of nitrogens with two attached hydrogens (primary N) is 1. The van der Waals surface area contributed by atoms with Crippen LogP contribution < -0.4 is 27.2 Å². The molecule has 0 unspecified atom stereocenters. The van der Waals surface area contributed by atoms with Gasteiger partial charge in [0, 0.05) is 45.1 Å². The minimum absolute atomic E-state index is 0.0897. The van der Waals surface area contributed by atoms with Crippen LogP contribution in [0.3, 0.4) is 0 Å². The molecule has 18 nitrogen and oxygen atoms in total. The van der Waals surface area contributed by atoms with Gasteiger partial charge >= 0.3 is 11.9 Å². The van der Waals surface area contributed by atoms with Crippen LogP contribution in [0.25, 0.3) is 0 Å². The zero-order valence-electron chi connectivity index (χ0n) is 22.8.